The molecule has 2 amide bonds. The van der Waals surface area contributed by atoms with Crippen molar-refractivity contribution in [1.82, 2.24) is 0 Å². The summed E-state index contributed by atoms with van der Waals surface area (Å²) in [4.78, 5) is 22.8. The molecule has 0 aliphatic carbocycles. The van der Waals surface area contributed by atoms with Gasteiger partial charge in [-0.25, -0.2) is 4.79 Å². The van der Waals surface area contributed by atoms with Crippen LogP contribution in [0.4, 0.5) is 16.2 Å². The molecule has 0 saturated heterocycles. The van der Waals surface area contributed by atoms with Gasteiger partial charge in [0.05, 0.1) is 0 Å². The third-order valence-electron chi connectivity index (χ3n) is 2.63. The Morgan fingerprint density at radius 3 is 2.19 bits per heavy atom. The van der Waals surface area contributed by atoms with E-state index in [1.54, 1.807) is 24.3 Å². The van der Waals surface area contributed by atoms with E-state index in [2.05, 4.69) is 10.6 Å². The van der Waals surface area contributed by atoms with Crippen LogP contribution in [0.3, 0.4) is 0 Å². The van der Waals surface area contributed by atoms with E-state index in [1.807, 2.05) is 31.2 Å². The second-order valence-corrected chi connectivity index (χ2v) is 4.57. The summed E-state index contributed by atoms with van der Waals surface area (Å²) in [6.45, 7) is 3.27. The zero-order chi connectivity index (χ0) is 15.2. The Morgan fingerprint density at radius 2 is 1.57 bits per heavy atom. The molecule has 108 valence electrons. The summed E-state index contributed by atoms with van der Waals surface area (Å²) < 4.78 is 4.96. The molecule has 0 aliphatic rings. The minimum absolute atomic E-state index is 0.361. The molecular formula is C16H16N2O3. The lowest BCUT2D eigenvalue weighted by Gasteiger charge is -2.09. The largest absolute Gasteiger partial charge is 0.427 e. The van der Waals surface area contributed by atoms with Gasteiger partial charge in [0.25, 0.3) is 0 Å². The number of hydrogen-bond acceptors (Lipinski definition) is 3. The van der Waals surface area contributed by atoms with E-state index in [9.17, 15) is 9.59 Å². The summed E-state index contributed by atoms with van der Waals surface area (Å²) in [7, 11) is 0. The first-order valence-corrected chi connectivity index (χ1v) is 6.46. The van der Waals surface area contributed by atoms with Crippen molar-refractivity contribution in [3.63, 3.8) is 0 Å². The molecule has 0 heterocycles. The number of rotatable bonds is 3. The van der Waals surface area contributed by atoms with Crippen LogP contribution in [0.2, 0.25) is 0 Å². The fourth-order valence-electron chi connectivity index (χ4n) is 1.82. The summed E-state index contributed by atoms with van der Waals surface area (Å²) in [5.74, 6) is -0.0211. The first-order chi connectivity index (χ1) is 10.0. The number of aryl methyl sites for hydroxylation is 1. The molecular weight excluding hydrogens is 268 g/mol. The van der Waals surface area contributed by atoms with Crippen molar-refractivity contribution < 1.29 is 14.3 Å². The number of ether oxygens (including phenoxy) is 1. The van der Waals surface area contributed by atoms with Gasteiger partial charge in [0, 0.05) is 24.4 Å². The van der Waals surface area contributed by atoms with E-state index < -0.39 is 5.97 Å². The van der Waals surface area contributed by atoms with E-state index >= 15 is 0 Å². The predicted octanol–water partition coefficient (Wildman–Crippen LogP) is 3.56. The topological polar surface area (TPSA) is 67.4 Å². The van der Waals surface area contributed by atoms with Crippen molar-refractivity contribution >= 4 is 23.4 Å². The SMILES string of the molecule is CC(=O)Oc1cccc(NC(=O)Nc2cccc(C)c2)c1. The van der Waals surface area contributed by atoms with Crippen LogP contribution in [0.5, 0.6) is 5.75 Å². The average molecular weight is 284 g/mol. The lowest BCUT2D eigenvalue weighted by atomic mass is 10.2. The van der Waals surface area contributed by atoms with Crippen molar-refractivity contribution in [3.05, 3.63) is 54.1 Å². The van der Waals surface area contributed by atoms with Crippen LogP contribution in [0.1, 0.15) is 12.5 Å². The maximum absolute atomic E-state index is 11.9. The highest BCUT2D eigenvalue weighted by Crippen LogP contribution is 2.18. The van der Waals surface area contributed by atoms with Crippen LogP contribution >= 0.6 is 0 Å². The molecule has 0 saturated carbocycles. The second kappa shape index (κ2) is 6.56. The number of carbonyl (C=O) groups is 2. The van der Waals surface area contributed by atoms with Gasteiger partial charge in [0.2, 0.25) is 0 Å². The third kappa shape index (κ3) is 4.65. The first-order valence-electron chi connectivity index (χ1n) is 6.46. The summed E-state index contributed by atoms with van der Waals surface area (Å²) in [5, 5.41) is 5.42. The van der Waals surface area contributed by atoms with Gasteiger partial charge in [0.1, 0.15) is 5.75 Å². The van der Waals surface area contributed by atoms with Crippen LogP contribution in [-0.2, 0) is 4.79 Å². The molecule has 5 nitrogen and oxygen atoms in total. The predicted molar refractivity (Wildman–Crippen MR) is 81.6 cm³/mol. The van der Waals surface area contributed by atoms with Crippen LogP contribution < -0.4 is 15.4 Å². The van der Waals surface area contributed by atoms with E-state index in [-0.39, 0.29) is 6.03 Å². The van der Waals surface area contributed by atoms with Crippen molar-refractivity contribution in [2.75, 3.05) is 10.6 Å². The summed E-state index contributed by atoms with van der Waals surface area (Å²) in [5.41, 5.74) is 2.31. The molecule has 0 unspecified atom stereocenters. The van der Waals surface area contributed by atoms with Gasteiger partial charge in [-0.3, -0.25) is 4.79 Å². The Bertz CT molecular complexity index is 668. The zero-order valence-corrected chi connectivity index (χ0v) is 11.8. The molecule has 0 atom stereocenters. The average Bonchev–Trinajstić information content (AvgIpc) is 2.37. The standard InChI is InChI=1S/C16H16N2O3/c1-11-5-3-6-13(9-11)17-16(20)18-14-7-4-8-15(10-14)21-12(2)19/h3-10H,1-2H3,(H2,17,18,20). The maximum atomic E-state index is 11.9. The Labute approximate surface area is 122 Å². The summed E-state index contributed by atoms with van der Waals surface area (Å²) in [6, 6.07) is 13.8. The van der Waals surface area contributed by atoms with Crippen molar-refractivity contribution in [1.29, 1.82) is 0 Å². The number of benzene rings is 2. The fourth-order valence-corrected chi connectivity index (χ4v) is 1.82. The Kier molecular flexibility index (Phi) is 4.56. The fraction of sp³-hybridized carbons (Fsp3) is 0.125. The van der Waals surface area contributed by atoms with Gasteiger partial charge in [-0.05, 0) is 36.8 Å². The Balaban J connectivity index is 2.01. The number of hydrogen-bond donors (Lipinski definition) is 2. The normalized spacial score (nSPS) is 9.81. The molecule has 2 aromatic carbocycles. The van der Waals surface area contributed by atoms with Crippen molar-refractivity contribution in [3.8, 4) is 5.75 Å². The molecule has 0 bridgehead atoms. The molecule has 0 fully saturated rings. The van der Waals surface area contributed by atoms with Crippen LogP contribution in [0.25, 0.3) is 0 Å². The maximum Gasteiger partial charge on any atom is 0.323 e. The quantitative estimate of drug-likeness (QED) is 0.669. The smallest absolute Gasteiger partial charge is 0.323 e. The highest BCUT2D eigenvalue weighted by Gasteiger charge is 2.05. The Hall–Kier alpha value is -2.82. The Morgan fingerprint density at radius 1 is 0.952 bits per heavy atom. The summed E-state index contributed by atoms with van der Waals surface area (Å²) >= 11 is 0. The number of amides is 2. The summed E-state index contributed by atoms with van der Waals surface area (Å²) in [6.07, 6.45) is 0. The first kappa shape index (κ1) is 14.6. The lowest BCUT2D eigenvalue weighted by molar-refractivity contribution is -0.131. The van der Waals surface area contributed by atoms with E-state index in [0.29, 0.717) is 17.1 Å². The van der Waals surface area contributed by atoms with E-state index in [0.717, 1.165) is 5.56 Å². The number of esters is 1. The molecule has 0 spiro atoms. The monoisotopic (exact) mass is 284 g/mol. The molecule has 0 aromatic heterocycles. The van der Waals surface area contributed by atoms with Gasteiger partial charge in [-0.15, -0.1) is 0 Å². The van der Waals surface area contributed by atoms with Gasteiger partial charge in [0.15, 0.2) is 0 Å². The lowest BCUT2D eigenvalue weighted by Crippen LogP contribution is -2.19. The zero-order valence-electron chi connectivity index (χ0n) is 11.8. The third-order valence-corrected chi connectivity index (χ3v) is 2.63. The number of carbonyl (C=O) groups excluding carboxylic acids is 2. The van der Waals surface area contributed by atoms with Gasteiger partial charge in [-0.1, -0.05) is 18.2 Å². The highest BCUT2D eigenvalue weighted by molar-refractivity contribution is 5.99. The number of urea groups is 1. The number of nitrogens with one attached hydrogen (secondary N) is 2. The van der Waals surface area contributed by atoms with Gasteiger partial charge >= 0.3 is 12.0 Å². The van der Waals surface area contributed by atoms with Gasteiger partial charge < -0.3 is 15.4 Å². The van der Waals surface area contributed by atoms with Crippen molar-refractivity contribution in [2.45, 2.75) is 13.8 Å². The van der Waals surface area contributed by atoms with Gasteiger partial charge in [-0.2, -0.15) is 0 Å². The molecule has 2 N–H and O–H groups in total. The molecule has 0 aliphatic heterocycles. The molecule has 0 radical (unpaired) electrons. The molecule has 21 heavy (non-hydrogen) atoms. The van der Waals surface area contributed by atoms with Crippen LogP contribution in [0.15, 0.2) is 48.5 Å². The van der Waals surface area contributed by atoms with E-state index in [4.69, 9.17) is 4.74 Å². The second-order valence-electron chi connectivity index (χ2n) is 4.57. The van der Waals surface area contributed by atoms with Crippen LogP contribution in [-0.4, -0.2) is 12.0 Å². The van der Waals surface area contributed by atoms with Crippen molar-refractivity contribution in [2.24, 2.45) is 0 Å². The minimum atomic E-state index is -0.406. The molecule has 2 rings (SSSR count). The number of anilines is 2. The van der Waals surface area contributed by atoms with Crippen LogP contribution in [0, 0.1) is 6.92 Å². The van der Waals surface area contributed by atoms with E-state index in [1.165, 1.54) is 6.92 Å². The molecule has 5 heteroatoms. The molecule has 2 aromatic rings. The highest BCUT2D eigenvalue weighted by atomic mass is 16.5. The minimum Gasteiger partial charge on any atom is -0.427 e.